The van der Waals surface area contributed by atoms with Gasteiger partial charge in [0.05, 0.1) is 19.3 Å². The second kappa shape index (κ2) is 8.13. The Labute approximate surface area is 181 Å². The lowest BCUT2D eigenvalue weighted by Gasteiger charge is -2.59. The van der Waals surface area contributed by atoms with Crippen LogP contribution in [0.25, 0.3) is 0 Å². The Kier molecular flexibility index (Phi) is 5.18. The van der Waals surface area contributed by atoms with Crippen molar-refractivity contribution in [1.82, 2.24) is 9.88 Å². The van der Waals surface area contributed by atoms with Crippen LogP contribution in [0, 0.1) is 0 Å². The van der Waals surface area contributed by atoms with Gasteiger partial charge in [0, 0.05) is 49.2 Å². The highest BCUT2D eigenvalue weighted by Crippen LogP contribution is 2.49. The lowest BCUT2D eigenvalue weighted by Crippen LogP contribution is -2.68. The van der Waals surface area contributed by atoms with Crippen LogP contribution >= 0.6 is 0 Å². The van der Waals surface area contributed by atoms with Gasteiger partial charge in [-0.1, -0.05) is 30.3 Å². The van der Waals surface area contributed by atoms with Crippen LogP contribution in [-0.2, 0) is 6.54 Å². The van der Waals surface area contributed by atoms with Gasteiger partial charge in [-0.15, -0.1) is 0 Å². The molecule has 6 heteroatoms. The van der Waals surface area contributed by atoms with E-state index in [1.807, 2.05) is 41.3 Å². The van der Waals surface area contributed by atoms with Crippen molar-refractivity contribution in [2.75, 3.05) is 25.2 Å². The zero-order chi connectivity index (χ0) is 21.4. The van der Waals surface area contributed by atoms with E-state index in [-0.39, 0.29) is 30.5 Å². The number of aliphatic hydroxyl groups is 1. The molecule has 1 amide bonds. The summed E-state index contributed by atoms with van der Waals surface area (Å²) in [5, 5.41) is 10.2. The van der Waals surface area contributed by atoms with Gasteiger partial charge in [0.1, 0.15) is 5.75 Å². The quantitative estimate of drug-likeness (QED) is 0.694. The fraction of sp³-hybridized carbons (Fsp3) is 0.280. The number of hydrogen-bond donors (Lipinski definition) is 1. The summed E-state index contributed by atoms with van der Waals surface area (Å²) < 4.78 is 5.37. The monoisotopic (exact) mass is 415 g/mol. The standard InChI is InChI=1S/C25H25N3O3/c1-31-19-8-4-6-17(12-19)14-27-22-15-28(25(30)18-7-5-11-26-13-18)21-10-3-2-9-20(21)24(22)23(27)16-29/h2-13,22-24,29H,14-16H2,1H3/t22-,23+,24+/m1/s1. The number of fused-ring (bicyclic) bond motifs is 3. The molecule has 2 aromatic carbocycles. The van der Waals surface area contributed by atoms with Crippen LogP contribution < -0.4 is 9.64 Å². The highest BCUT2D eigenvalue weighted by Gasteiger charge is 2.53. The minimum Gasteiger partial charge on any atom is -0.497 e. The van der Waals surface area contributed by atoms with Crippen LogP contribution in [-0.4, -0.2) is 53.2 Å². The molecular weight excluding hydrogens is 390 g/mol. The van der Waals surface area contributed by atoms with E-state index in [1.165, 1.54) is 0 Å². The maximum absolute atomic E-state index is 13.3. The number of benzene rings is 2. The third kappa shape index (κ3) is 3.38. The van der Waals surface area contributed by atoms with Crippen molar-refractivity contribution in [3.63, 3.8) is 0 Å². The average molecular weight is 415 g/mol. The van der Waals surface area contributed by atoms with E-state index in [0.29, 0.717) is 18.7 Å². The second-order valence-electron chi connectivity index (χ2n) is 8.08. The van der Waals surface area contributed by atoms with Crippen LogP contribution in [0.15, 0.2) is 73.1 Å². The number of amides is 1. The molecular formula is C25H25N3O3. The molecule has 1 aromatic heterocycles. The molecule has 6 nitrogen and oxygen atoms in total. The van der Waals surface area contributed by atoms with E-state index < -0.39 is 0 Å². The average Bonchev–Trinajstić information content (AvgIpc) is 2.83. The van der Waals surface area contributed by atoms with E-state index in [2.05, 4.69) is 22.0 Å². The molecule has 3 aromatic rings. The van der Waals surface area contributed by atoms with E-state index >= 15 is 0 Å². The highest BCUT2D eigenvalue weighted by molar-refractivity contribution is 6.06. The molecule has 0 radical (unpaired) electrons. The number of methoxy groups -OCH3 is 1. The highest BCUT2D eigenvalue weighted by atomic mass is 16.5. The number of para-hydroxylation sites is 1. The van der Waals surface area contributed by atoms with Crippen molar-refractivity contribution in [3.8, 4) is 5.75 Å². The number of aromatic nitrogens is 1. The summed E-state index contributed by atoms with van der Waals surface area (Å²) in [4.78, 5) is 21.6. The smallest absolute Gasteiger partial charge is 0.259 e. The largest absolute Gasteiger partial charge is 0.497 e. The van der Waals surface area contributed by atoms with Crippen LogP contribution in [0.2, 0.25) is 0 Å². The second-order valence-corrected chi connectivity index (χ2v) is 8.08. The van der Waals surface area contributed by atoms with Gasteiger partial charge < -0.3 is 14.7 Å². The summed E-state index contributed by atoms with van der Waals surface area (Å²) in [6.45, 7) is 1.35. The van der Waals surface area contributed by atoms with Crippen molar-refractivity contribution in [3.05, 3.63) is 89.7 Å². The van der Waals surface area contributed by atoms with Gasteiger partial charge in [-0.2, -0.15) is 0 Å². The number of aliphatic hydroxyl groups excluding tert-OH is 1. The topological polar surface area (TPSA) is 65.9 Å². The molecule has 2 aliphatic heterocycles. The summed E-state index contributed by atoms with van der Waals surface area (Å²) in [5.74, 6) is 0.968. The van der Waals surface area contributed by atoms with Crippen molar-refractivity contribution in [2.24, 2.45) is 0 Å². The summed E-state index contributed by atoms with van der Waals surface area (Å²) in [5.41, 5.74) is 3.75. The van der Waals surface area contributed by atoms with Gasteiger partial charge >= 0.3 is 0 Å². The third-order valence-electron chi connectivity index (χ3n) is 6.48. The van der Waals surface area contributed by atoms with Gasteiger partial charge in [0.2, 0.25) is 0 Å². The van der Waals surface area contributed by atoms with Gasteiger partial charge in [-0.25, -0.2) is 0 Å². The number of likely N-dealkylation sites (tertiary alicyclic amines) is 1. The van der Waals surface area contributed by atoms with Crippen molar-refractivity contribution < 1.29 is 14.6 Å². The van der Waals surface area contributed by atoms with Gasteiger partial charge in [-0.05, 0) is 41.5 Å². The van der Waals surface area contributed by atoms with Gasteiger partial charge in [0.25, 0.3) is 5.91 Å². The zero-order valence-corrected chi connectivity index (χ0v) is 17.4. The Hall–Kier alpha value is -3.22. The molecule has 1 N–H and O–H groups in total. The first-order valence-corrected chi connectivity index (χ1v) is 10.5. The molecule has 31 heavy (non-hydrogen) atoms. The van der Waals surface area contributed by atoms with Gasteiger partial charge in [-0.3, -0.25) is 14.7 Å². The van der Waals surface area contributed by atoms with Crippen LogP contribution in [0.5, 0.6) is 5.75 Å². The van der Waals surface area contributed by atoms with Gasteiger partial charge in [0.15, 0.2) is 0 Å². The molecule has 0 spiro atoms. The van der Waals surface area contributed by atoms with Crippen molar-refractivity contribution in [1.29, 1.82) is 0 Å². The fourth-order valence-corrected chi connectivity index (χ4v) is 5.02. The molecule has 0 aliphatic carbocycles. The molecule has 1 fully saturated rings. The Morgan fingerprint density at radius 3 is 2.81 bits per heavy atom. The maximum Gasteiger partial charge on any atom is 0.259 e. The normalized spacial score (nSPS) is 22.3. The van der Waals surface area contributed by atoms with Crippen LogP contribution in [0.1, 0.15) is 27.4 Å². The molecule has 1 saturated heterocycles. The SMILES string of the molecule is COc1cccc(CN2[C@@H]3CN(C(=O)c4cccnc4)c4ccccc4[C@@H]3[C@@H]2CO)c1. The Bertz CT molecular complexity index is 1090. The first-order valence-electron chi connectivity index (χ1n) is 10.5. The summed E-state index contributed by atoms with van der Waals surface area (Å²) in [6, 6.07) is 19.8. The number of ether oxygens (including phenoxy) is 1. The molecule has 0 bridgehead atoms. The lowest BCUT2D eigenvalue weighted by molar-refractivity contribution is -0.0488. The first-order chi connectivity index (χ1) is 15.2. The van der Waals surface area contributed by atoms with E-state index in [4.69, 9.17) is 4.74 Å². The minimum atomic E-state index is -0.0484. The fourth-order valence-electron chi connectivity index (χ4n) is 5.02. The molecule has 5 rings (SSSR count). The van der Waals surface area contributed by atoms with Crippen molar-refractivity contribution >= 4 is 11.6 Å². The minimum absolute atomic E-state index is 0.0213. The van der Waals surface area contributed by atoms with E-state index in [9.17, 15) is 9.90 Å². The lowest BCUT2D eigenvalue weighted by atomic mass is 9.71. The number of nitrogens with zero attached hydrogens (tertiary/aromatic N) is 3. The summed E-state index contributed by atoms with van der Waals surface area (Å²) in [7, 11) is 1.66. The Balaban J connectivity index is 1.48. The molecule has 0 unspecified atom stereocenters. The Morgan fingerprint density at radius 2 is 2.03 bits per heavy atom. The first kappa shape index (κ1) is 19.7. The third-order valence-corrected chi connectivity index (χ3v) is 6.48. The predicted molar refractivity (Wildman–Crippen MR) is 118 cm³/mol. The zero-order valence-electron chi connectivity index (χ0n) is 17.4. The van der Waals surface area contributed by atoms with Crippen LogP contribution in [0.4, 0.5) is 5.69 Å². The number of carbonyl (C=O) groups is 1. The number of carbonyl (C=O) groups excluding carboxylic acids is 1. The summed E-state index contributed by atoms with van der Waals surface area (Å²) >= 11 is 0. The molecule has 3 heterocycles. The number of pyridine rings is 1. The molecule has 158 valence electrons. The molecule has 0 saturated carbocycles. The number of anilines is 1. The number of rotatable bonds is 5. The molecule has 3 atom stereocenters. The molecule has 2 aliphatic rings. The number of hydrogen-bond acceptors (Lipinski definition) is 5. The van der Waals surface area contributed by atoms with E-state index in [0.717, 1.165) is 22.6 Å². The summed E-state index contributed by atoms with van der Waals surface area (Å²) in [6.07, 6.45) is 3.28. The van der Waals surface area contributed by atoms with E-state index in [1.54, 1.807) is 31.6 Å². The predicted octanol–water partition coefficient (Wildman–Crippen LogP) is 3.08. The maximum atomic E-state index is 13.3. The van der Waals surface area contributed by atoms with Crippen LogP contribution in [0.3, 0.4) is 0 Å². The Morgan fingerprint density at radius 1 is 1.16 bits per heavy atom. The van der Waals surface area contributed by atoms with Crippen molar-refractivity contribution in [2.45, 2.75) is 24.5 Å².